The second-order valence-electron chi connectivity index (χ2n) is 10.2. The predicted molar refractivity (Wildman–Crippen MR) is 170 cm³/mol. The maximum Gasteiger partial charge on any atom is 0.341 e. The van der Waals surface area contributed by atoms with Crippen LogP contribution in [0.25, 0.3) is 33.4 Å². The lowest BCUT2D eigenvalue weighted by atomic mass is 9.83. The molecule has 0 unspecified atom stereocenters. The molecule has 6 aromatic carbocycles. The van der Waals surface area contributed by atoms with Crippen molar-refractivity contribution >= 4 is 5.97 Å². The van der Waals surface area contributed by atoms with Crippen LogP contribution >= 0.6 is 0 Å². The van der Waals surface area contributed by atoms with Gasteiger partial charge in [0.05, 0.1) is 0 Å². The van der Waals surface area contributed by atoms with Crippen molar-refractivity contribution in [1.82, 2.24) is 0 Å². The Morgan fingerprint density at radius 2 is 0.976 bits per heavy atom. The second-order valence-corrected chi connectivity index (χ2v) is 10.2. The summed E-state index contributed by atoms with van der Waals surface area (Å²) in [7, 11) is 0. The first-order valence-corrected chi connectivity index (χ1v) is 14.0. The Morgan fingerprint density at radius 3 is 1.62 bits per heavy atom. The van der Waals surface area contributed by atoms with Crippen molar-refractivity contribution in [1.29, 1.82) is 0 Å². The largest absolute Gasteiger partial charge is 0.481 e. The minimum atomic E-state index is -1.02. The van der Waals surface area contributed by atoms with Crippen LogP contribution in [0, 0.1) is 0 Å². The van der Waals surface area contributed by atoms with Crippen molar-refractivity contribution in [2.45, 2.75) is 5.92 Å². The molecule has 0 aliphatic rings. The molecule has 0 radical (unpaired) electrons. The molecule has 204 valence electrons. The summed E-state index contributed by atoms with van der Waals surface area (Å²) in [4.78, 5) is 11.6. The molecule has 0 aliphatic heterocycles. The molecule has 3 nitrogen and oxygen atoms in total. The van der Waals surface area contributed by atoms with Gasteiger partial charge in [0.25, 0.3) is 0 Å². The highest BCUT2D eigenvalue weighted by atomic mass is 16.5. The van der Waals surface area contributed by atoms with Gasteiger partial charge in [-0.25, -0.2) is 4.79 Å². The highest BCUT2D eigenvalue weighted by Gasteiger charge is 2.20. The smallest absolute Gasteiger partial charge is 0.341 e. The number of rotatable bonds is 9. The molecule has 1 N–H and O–H groups in total. The summed E-state index contributed by atoms with van der Waals surface area (Å²) in [6.07, 6.45) is 0. The van der Waals surface area contributed by atoms with E-state index in [4.69, 9.17) is 4.74 Å². The lowest BCUT2D eigenvalue weighted by molar-refractivity contribution is -0.139. The summed E-state index contributed by atoms with van der Waals surface area (Å²) in [6.45, 7) is -0.426. The Morgan fingerprint density at radius 1 is 0.500 bits per heavy atom. The molecule has 3 heteroatoms. The van der Waals surface area contributed by atoms with Gasteiger partial charge in [-0.3, -0.25) is 0 Å². The lowest BCUT2D eigenvalue weighted by Gasteiger charge is -2.21. The highest BCUT2D eigenvalue weighted by molar-refractivity contribution is 5.90. The normalized spacial score (nSPS) is 10.9. The van der Waals surface area contributed by atoms with Gasteiger partial charge in [0.1, 0.15) is 5.75 Å². The SMILES string of the molecule is O=C(O)COc1c(-c2ccccc2)cccc1-c1ccccc1-c1cccc(C(c2ccccc2)c2ccccc2)c1. The average molecular weight is 547 g/mol. The van der Waals surface area contributed by atoms with Crippen molar-refractivity contribution in [2.75, 3.05) is 6.61 Å². The van der Waals surface area contributed by atoms with E-state index in [0.717, 1.165) is 33.4 Å². The number of benzene rings is 6. The zero-order valence-corrected chi connectivity index (χ0v) is 23.1. The third-order valence-electron chi connectivity index (χ3n) is 7.45. The summed E-state index contributed by atoms with van der Waals surface area (Å²) in [6, 6.07) is 54.0. The van der Waals surface area contributed by atoms with Crippen molar-refractivity contribution < 1.29 is 14.6 Å². The van der Waals surface area contributed by atoms with E-state index in [9.17, 15) is 9.90 Å². The standard InChI is InChI=1S/C39H30O3/c40-37(41)27-42-39-34(28-14-4-1-5-15-28)24-13-25-36(39)35-23-11-10-22-33(35)31-20-12-21-32(26-31)38(29-16-6-2-7-17-29)30-18-8-3-9-19-30/h1-26,38H,27H2,(H,40,41). The third kappa shape index (κ3) is 5.72. The molecule has 6 aromatic rings. The maximum atomic E-state index is 11.6. The number of para-hydroxylation sites is 1. The Hall–Kier alpha value is -5.41. The van der Waals surface area contributed by atoms with Gasteiger partial charge in [-0.05, 0) is 38.9 Å². The van der Waals surface area contributed by atoms with Crippen LogP contribution in [0.4, 0.5) is 0 Å². The zero-order valence-electron chi connectivity index (χ0n) is 23.1. The first kappa shape index (κ1) is 26.8. The summed E-state index contributed by atoms with van der Waals surface area (Å²) in [5, 5.41) is 9.48. The first-order chi connectivity index (χ1) is 20.7. The number of ether oxygens (including phenoxy) is 1. The molecule has 0 aromatic heterocycles. The molecule has 0 saturated heterocycles. The van der Waals surface area contributed by atoms with E-state index >= 15 is 0 Å². The van der Waals surface area contributed by atoms with Gasteiger partial charge in [-0.1, -0.05) is 158 Å². The fourth-order valence-electron chi connectivity index (χ4n) is 5.61. The van der Waals surface area contributed by atoms with Gasteiger partial charge >= 0.3 is 5.97 Å². The Kier molecular flexibility index (Phi) is 7.91. The van der Waals surface area contributed by atoms with Gasteiger partial charge in [-0.2, -0.15) is 0 Å². The summed E-state index contributed by atoms with van der Waals surface area (Å²) in [5.74, 6) is -0.380. The quantitative estimate of drug-likeness (QED) is 0.184. The van der Waals surface area contributed by atoms with Crippen molar-refractivity contribution in [3.8, 4) is 39.1 Å². The van der Waals surface area contributed by atoms with Crippen LogP contribution in [0.2, 0.25) is 0 Å². The Bertz CT molecular complexity index is 1760. The molecule has 0 heterocycles. The molecule has 0 amide bonds. The average Bonchev–Trinajstić information content (AvgIpc) is 3.05. The Balaban J connectivity index is 1.49. The highest BCUT2D eigenvalue weighted by Crippen LogP contribution is 2.43. The van der Waals surface area contributed by atoms with Gasteiger partial charge < -0.3 is 9.84 Å². The monoisotopic (exact) mass is 546 g/mol. The topological polar surface area (TPSA) is 46.5 Å². The van der Waals surface area contributed by atoms with Crippen LogP contribution in [0.1, 0.15) is 22.6 Å². The van der Waals surface area contributed by atoms with Crippen LogP contribution in [-0.2, 0) is 4.79 Å². The van der Waals surface area contributed by atoms with Crippen molar-refractivity contribution in [3.63, 3.8) is 0 Å². The molecule has 0 aliphatic carbocycles. The minimum Gasteiger partial charge on any atom is -0.481 e. The number of carboxylic acids is 1. The lowest BCUT2D eigenvalue weighted by Crippen LogP contribution is -2.10. The molecule has 42 heavy (non-hydrogen) atoms. The number of aliphatic carboxylic acids is 1. The van der Waals surface area contributed by atoms with Crippen LogP contribution in [0.15, 0.2) is 158 Å². The van der Waals surface area contributed by atoms with Gasteiger partial charge in [0.2, 0.25) is 0 Å². The minimum absolute atomic E-state index is 0.0791. The van der Waals surface area contributed by atoms with Gasteiger partial charge in [0, 0.05) is 17.0 Å². The molecule has 0 bridgehead atoms. The number of hydrogen-bond donors (Lipinski definition) is 1. The third-order valence-corrected chi connectivity index (χ3v) is 7.45. The van der Waals surface area contributed by atoms with E-state index in [0.29, 0.717) is 5.75 Å². The maximum absolute atomic E-state index is 11.6. The Labute approximate surface area is 246 Å². The second kappa shape index (κ2) is 12.4. The van der Waals surface area contributed by atoms with Crippen LogP contribution in [0.5, 0.6) is 5.75 Å². The fourth-order valence-corrected chi connectivity index (χ4v) is 5.61. The summed E-state index contributed by atoms with van der Waals surface area (Å²) < 4.78 is 6.01. The van der Waals surface area contributed by atoms with Crippen LogP contribution in [-0.4, -0.2) is 17.7 Å². The van der Waals surface area contributed by atoms with E-state index in [-0.39, 0.29) is 5.92 Å². The van der Waals surface area contributed by atoms with E-state index in [1.54, 1.807) is 0 Å². The fraction of sp³-hybridized carbons (Fsp3) is 0.0513. The molecular weight excluding hydrogens is 516 g/mol. The van der Waals surface area contributed by atoms with Crippen LogP contribution in [0.3, 0.4) is 0 Å². The van der Waals surface area contributed by atoms with Gasteiger partial charge in [0.15, 0.2) is 6.61 Å². The molecule has 0 saturated carbocycles. The molecular formula is C39H30O3. The molecule has 6 rings (SSSR count). The van der Waals surface area contributed by atoms with E-state index in [1.165, 1.54) is 16.7 Å². The van der Waals surface area contributed by atoms with E-state index in [2.05, 4.69) is 84.9 Å². The zero-order chi connectivity index (χ0) is 28.7. The van der Waals surface area contributed by atoms with E-state index < -0.39 is 12.6 Å². The summed E-state index contributed by atoms with van der Waals surface area (Å²) >= 11 is 0. The molecule has 0 fully saturated rings. The predicted octanol–water partition coefficient (Wildman–Crippen LogP) is 9.33. The molecule has 0 spiro atoms. The van der Waals surface area contributed by atoms with E-state index in [1.807, 2.05) is 72.8 Å². The van der Waals surface area contributed by atoms with Gasteiger partial charge in [-0.15, -0.1) is 0 Å². The number of carbonyl (C=O) groups is 1. The number of carboxylic acid groups (broad SMARTS) is 1. The first-order valence-electron chi connectivity index (χ1n) is 14.0. The van der Waals surface area contributed by atoms with Crippen molar-refractivity contribution in [2.24, 2.45) is 0 Å². The summed E-state index contributed by atoms with van der Waals surface area (Å²) in [5.41, 5.74) is 9.42. The van der Waals surface area contributed by atoms with Crippen LogP contribution < -0.4 is 4.74 Å². The molecule has 0 atom stereocenters. The number of hydrogen-bond acceptors (Lipinski definition) is 2. The van der Waals surface area contributed by atoms with Crippen molar-refractivity contribution in [3.05, 3.63) is 174 Å².